The molecule has 2 heteroatoms. The van der Waals surface area contributed by atoms with E-state index in [1.807, 2.05) is 18.2 Å². The zero-order valence-corrected chi connectivity index (χ0v) is 8.86. The summed E-state index contributed by atoms with van der Waals surface area (Å²) in [5, 5.41) is 8.53. The van der Waals surface area contributed by atoms with E-state index in [0.717, 1.165) is 12.8 Å². The van der Waals surface area contributed by atoms with Crippen LogP contribution in [0.15, 0.2) is 30.3 Å². The molecule has 1 N–H and O–H groups in total. The number of aliphatic hydroxyl groups is 1. The monoisotopic (exact) mass is 194 g/mol. The van der Waals surface area contributed by atoms with Gasteiger partial charge in [-0.25, -0.2) is 0 Å². The van der Waals surface area contributed by atoms with Crippen molar-refractivity contribution in [3.05, 3.63) is 35.9 Å². The highest BCUT2D eigenvalue weighted by atomic mass is 16.2. The molecule has 0 heterocycles. The molecule has 0 saturated carbocycles. The first kappa shape index (κ1) is 12.8. The van der Waals surface area contributed by atoms with Gasteiger partial charge in [0.25, 0.3) is 0 Å². The van der Waals surface area contributed by atoms with Gasteiger partial charge in [-0.05, 0) is 32.3 Å². The summed E-state index contributed by atoms with van der Waals surface area (Å²) in [6.07, 6.45) is 1.85. The zero-order chi connectivity index (χ0) is 10.8. The summed E-state index contributed by atoms with van der Waals surface area (Å²) in [5.41, 5.74) is 1.30. The van der Waals surface area contributed by atoms with Gasteiger partial charge in [0.15, 0.2) is 0 Å². The average molecular weight is 194 g/mol. The van der Waals surface area contributed by atoms with Crippen LogP contribution in [-0.4, -0.2) is 17.5 Å². The molecule has 0 aliphatic rings. The van der Waals surface area contributed by atoms with E-state index in [9.17, 15) is 4.79 Å². The molecule has 2 nitrogen and oxygen atoms in total. The summed E-state index contributed by atoms with van der Waals surface area (Å²) in [6, 6.07) is 10.2. The van der Waals surface area contributed by atoms with Gasteiger partial charge in [-0.1, -0.05) is 30.3 Å². The maximum atomic E-state index is 9.44. The third-order valence-corrected chi connectivity index (χ3v) is 1.47. The number of benzene rings is 1. The van der Waals surface area contributed by atoms with Gasteiger partial charge < -0.3 is 9.90 Å². The fourth-order valence-corrected chi connectivity index (χ4v) is 0.928. The molecule has 0 radical (unpaired) electrons. The molecule has 0 amide bonds. The second-order valence-corrected chi connectivity index (χ2v) is 3.22. The van der Waals surface area contributed by atoms with Crippen molar-refractivity contribution in [3.8, 4) is 0 Å². The maximum Gasteiger partial charge on any atom is 0.126 e. The lowest BCUT2D eigenvalue weighted by atomic mass is 10.1. The fraction of sp³-hybridized carbons (Fsp3) is 0.417. The van der Waals surface area contributed by atoms with Crippen molar-refractivity contribution in [1.29, 1.82) is 0 Å². The summed E-state index contributed by atoms with van der Waals surface area (Å²) in [6.45, 7) is 3.34. The van der Waals surface area contributed by atoms with Crippen LogP contribution in [0.1, 0.15) is 25.8 Å². The van der Waals surface area contributed by atoms with Gasteiger partial charge in [0.1, 0.15) is 5.78 Å². The third kappa shape index (κ3) is 8.94. The van der Waals surface area contributed by atoms with E-state index in [-0.39, 0.29) is 12.4 Å². The Morgan fingerprint density at radius 3 is 2.14 bits per heavy atom. The molecule has 0 atom stereocenters. The SMILES string of the molecule is CC(C)=O.OCCCc1ccccc1. The number of carbonyl (C=O) groups excluding carboxylic acids is 1. The maximum absolute atomic E-state index is 9.44. The van der Waals surface area contributed by atoms with Crippen molar-refractivity contribution in [1.82, 2.24) is 0 Å². The molecule has 0 aromatic heterocycles. The van der Waals surface area contributed by atoms with Crippen molar-refractivity contribution in [2.45, 2.75) is 26.7 Å². The van der Waals surface area contributed by atoms with Crippen molar-refractivity contribution in [2.24, 2.45) is 0 Å². The van der Waals surface area contributed by atoms with Crippen LogP contribution in [-0.2, 0) is 11.2 Å². The number of Topliss-reactive ketones (excluding diaryl/α,β-unsaturated/α-hetero) is 1. The molecule has 0 aliphatic heterocycles. The topological polar surface area (TPSA) is 37.3 Å². The molecule has 0 bridgehead atoms. The van der Waals surface area contributed by atoms with Gasteiger partial charge in [0.2, 0.25) is 0 Å². The summed E-state index contributed by atoms with van der Waals surface area (Å²) in [7, 11) is 0. The second-order valence-electron chi connectivity index (χ2n) is 3.22. The first-order valence-electron chi connectivity index (χ1n) is 4.78. The van der Waals surface area contributed by atoms with E-state index in [2.05, 4.69) is 12.1 Å². The van der Waals surface area contributed by atoms with Gasteiger partial charge >= 0.3 is 0 Å². The van der Waals surface area contributed by atoms with Crippen molar-refractivity contribution >= 4 is 5.78 Å². The lowest BCUT2D eigenvalue weighted by Gasteiger charge is -1.96. The number of aryl methyl sites for hydroxylation is 1. The first-order chi connectivity index (χ1) is 6.66. The molecule has 0 saturated heterocycles. The number of hydrogen-bond acceptors (Lipinski definition) is 2. The average Bonchev–Trinajstić information content (AvgIpc) is 2.15. The number of carbonyl (C=O) groups is 1. The molecule has 0 aliphatic carbocycles. The Morgan fingerprint density at radius 2 is 1.71 bits per heavy atom. The Labute approximate surface area is 85.6 Å². The summed E-state index contributed by atoms with van der Waals surface area (Å²) >= 11 is 0. The highest BCUT2D eigenvalue weighted by Gasteiger charge is 1.87. The minimum absolute atomic E-state index is 0.167. The minimum atomic E-state index is 0.167. The largest absolute Gasteiger partial charge is 0.396 e. The molecule has 1 rings (SSSR count). The van der Waals surface area contributed by atoms with Crippen LogP contribution in [0, 0.1) is 0 Å². The van der Waals surface area contributed by atoms with Crippen LogP contribution in [0.3, 0.4) is 0 Å². The van der Waals surface area contributed by atoms with Gasteiger partial charge in [0, 0.05) is 6.61 Å². The summed E-state index contributed by atoms with van der Waals surface area (Å²) in [4.78, 5) is 9.44. The number of aliphatic hydroxyl groups excluding tert-OH is 1. The van der Waals surface area contributed by atoms with Crippen LogP contribution < -0.4 is 0 Å². The van der Waals surface area contributed by atoms with Gasteiger partial charge in [-0.2, -0.15) is 0 Å². The van der Waals surface area contributed by atoms with E-state index in [0.29, 0.717) is 0 Å². The zero-order valence-electron chi connectivity index (χ0n) is 8.86. The van der Waals surface area contributed by atoms with Gasteiger partial charge in [-0.15, -0.1) is 0 Å². The quantitative estimate of drug-likeness (QED) is 0.801. The molecule has 0 fully saturated rings. The first-order valence-corrected chi connectivity index (χ1v) is 4.78. The lowest BCUT2D eigenvalue weighted by molar-refractivity contribution is -0.114. The van der Waals surface area contributed by atoms with Crippen molar-refractivity contribution in [3.63, 3.8) is 0 Å². The van der Waals surface area contributed by atoms with Crippen LogP contribution in [0.4, 0.5) is 0 Å². The van der Waals surface area contributed by atoms with E-state index >= 15 is 0 Å². The Hall–Kier alpha value is -1.15. The third-order valence-electron chi connectivity index (χ3n) is 1.47. The molecule has 78 valence electrons. The molecular weight excluding hydrogens is 176 g/mol. The van der Waals surface area contributed by atoms with Crippen LogP contribution in [0.2, 0.25) is 0 Å². The van der Waals surface area contributed by atoms with E-state index in [4.69, 9.17) is 5.11 Å². The van der Waals surface area contributed by atoms with E-state index < -0.39 is 0 Å². The Balaban J connectivity index is 0.000000364. The number of hydrogen-bond donors (Lipinski definition) is 1. The Kier molecular flexibility index (Phi) is 7.75. The minimum Gasteiger partial charge on any atom is -0.396 e. The van der Waals surface area contributed by atoms with Crippen LogP contribution in [0.5, 0.6) is 0 Å². The molecule has 1 aromatic carbocycles. The van der Waals surface area contributed by atoms with Gasteiger partial charge in [-0.3, -0.25) is 0 Å². The number of rotatable bonds is 3. The standard InChI is InChI=1S/C9H12O.C3H6O/c10-8-4-7-9-5-2-1-3-6-9;1-3(2)4/h1-3,5-6,10H,4,7-8H2;1-2H3. The number of ketones is 1. The highest BCUT2D eigenvalue weighted by Crippen LogP contribution is 2.00. The Bertz CT molecular complexity index is 238. The Morgan fingerprint density at radius 1 is 1.21 bits per heavy atom. The van der Waals surface area contributed by atoms with E-state index in [1.54, 1.807) is 0 Å². The van der Waals surface area contributed by atoms with Crippen LogP contribution in [0.25, 0.3) is 0 Å². The van der Waals surface area contributed by atoms with Gasteiger partial charge in [0.05, 0.1) is 0 Å². The summed E-state index contributed by atoms with van der Waals surface area (Å²) in [5.74, 6) is 0.167. The molecule has 1 aromatic rings. The van der Waals surface area contributed by atoms with Crippen molar-refractivity contribution < 1.29 is 9.90 Å². The molecule has 0 unspecified atom stereocenters. The predicted octanol–water partition coefficient (Wildman–Crippen LogP) is 2.21. The normalized spacial score (nSPS) is 8.79. The smallest absolute Gasteiger partial charge is 0.126 e. The van der Waals surface area contributed by atoms with Crippen LogP contribution >= 0.6 is 0 Å². The highest BCUT2D eigenvalue weighted by molar-refractivity contribution is 5.72. The van der Waals surface area contributed by atoms with E-state index in [1.165, 1.54) is 19.4 Å². The molecule has 0 spiro atoms. The second kappa shape index (κ2) is 8.45. The molecule has 14 heavy (non-hydrogen) atoms. The summed E-state index contributed by atoms with van der Waals surface area (Å²) < 4.78 is 0. The molecular formula is C12H18O2. The fourth-order valence-electron chi connectivity index (χ4n) is 0.928. The predicted molar refractivity (Wildman–Crippen MR) is 58.2 cm³/mol. The van der Waals surface area contributed by atoms with Crippen molar-refractivity contribution in [2.75, 3.05) is 6.61 Å². The lowest BCUT2D eigenvalue weighted by Crippen LogP contribution is -1.87.